The summed E-state index contributed by atoms with van der Waals surface area (Å²) in [6.45, 7) is 3.25. The van der Waals surface area contributed by atoms with E-state index in [1.807, 2.05) is 42.2 Å². The zero-order chi connectivity index (χ0) is 50.2. The van der Waals surface area contributed by atoms with Crippen molar-refractivity contribution in [2.45, 2.75) is 83.5 Å². The number of carbonyl (C=O) groups is 3. The van der Waals surface area contributed by atoms with E-state index in [9.17, 15) is 34.2 Å². The summed E-state index contributed by atoms with van der Waals surface area (Å²) in [4.78, 5) is 76.2. The SMILES string of the molecule is COc1ccc(CN(C(=O)C2=C(c3ccc(OCCCCOc4c(F)cc(C)cc4Cl)cc3)CC3CC(C(=O)OCCOCCO[N+](=O)[O-])CC2N3C(=O)OCCOCCO[N+](=O)[O-])C2CC2)cc1C. The second-order valence-electron chi connectivity index (χ2n) is 16.9. The largest absolute Gasteiger partial charge is 0.496 e. The summed E-state index contributed by atoms with van der Waals surface area (Å²) in [6.07, 6.45) is 2.38. The standard InChI is InChI=1S/C48H58ClFN4O16/c1-31-24-40(49)45(41(50)25-31)66-15-5-4-14-65-38-11-7-34(8-12-38)39-29-37-27-35(47(56)67-20-16-63-18-22-69-53(58)59)28-42(52(37)48(57)68-21-17-64-19-23-70-54(60)61)44(39)46(55)51(36-9-10-36)30-33-6-13-43(62-3)32(2)26-33/h6-8,11-13,24-26,35-37,42H,4-5,9-10,14-23,27-30H2,1-3H3. The second-order valence-corrected chi connectivity index (χ2v) is 17.3. The molecular weight excluding hydrogens is 943 g/mol. The molecular formula is C48H58ClFN4O16. The van der Waals surface area contributed by atoms with Crippen LogP contribution in [0.25, 0.3) is 5.57 Å². The molecule has 0 radical (unpaired) electrons. The molecule has 1 saturated carbocycles. The summed E-state index contributed by atoms with van der Waals surface area (Å²) in [7, 11) is 1.59. The highest BCUT2D eigenvalue weighted by Crippen LogP contribution is 2.46. The highest BCUT2D eigenvalue weighted by Gasteiger charge is 2.51. The number of benzene rings is 3. The van der Waals surface area contributed by atoms with Gasteiger partial charge in [-0.2, -0.15) is 0 Å². The maximum atomic E-state index is 15.4. The molecule has 20 nitrogen and oxygen atoms in total. The van der Waals surface area contributed by atoms with Gasteiger partial charge in [-0.1, -0.05) is 35.9 Å². The van der Waals surface area contributed by atoms with E-state index in [2.05, 4.69) is 9.68 Å². The molecule has 3 aliphatic rings. The molecule has 2 bridgehead atoms. The molecule has 1 aliphatic carbocycles. The van der Waals surface area contributed by atoms with Crippen molar-refractivity contribution in [1.82, 2.24) is 9.80 Å². The minimum Gasteiger partial charge on any atom is -0.496 e. The van der Waals surface area contributed by atoms with Crippen LogP contribution in [0.5, 0.6) is 17.2 Å². The van der Waals surface area contributed by atoms with E-state index < -0.39 is 46.1 Å². The highest BCUT2D eigenvalue weighted by atomic mass is 35.5. The molecule has 0 spiro atoms. The van der Waals surface area contributed by atoms with Gasteiger partial charge in [0, 0.05) is 24.2 Å². The fraction of sp³-hybridized carbons (Fsp3) is 0.521. The van der Waals surface area contributed by atoms with Crippen LogP contribution in [-0.2, 0) is 44.8 Å². The summed E-state index contributed by atoms with van der Waals surface area (Å²) < 4.78 is 53.5. The minimum atomic E-state index is -0.940. The number of hydrogen-bond acceptors (Lipinski definition) is 16. The predicted octanol–water partition coefficient (Wildman–Crippen LogP) is 7.27. The van der Waals surface area contributed by atoms with Crippen LogP contribution >= 0.6 is 11.6 Å². The monoisotopic (exact) mass is 1000 g/mol. The maximum Gasteiger partial charge on any atom is 0.410 e. The van der Waals surface area contributed by atoms with E-state index in [-0.39, 0.29) is 108 Å². The molecule has 2 aliphatic heterocycles. The Morgan fingerprint density at radius 2 is 1.44 bits per heavy atom. The Bertz CT molecular complexity index is 2310. The summed E-state index contributed by atoms with van der Waals surface area (Å²) in [5, 5.41) is 19.3. The Labute approximate surface area is 408 Å². The van der Waals surface area contributed by atoms with Crippen LogP contribution in [0.3, 0.4) is 0 Å². The lowest BCUT2D eigenvalue weighted by Gasteiger charge is -2.49. The van der Waals surface area contributed by atoms with Gasteiger partial charge in [-0.25, -0.2) is 9.18 Å². The van der Waals surface area contributed by atoms with Crippen LogP contribution in [0.15, 0.2) is 60.2 Å². The first-order valence-electron chi connectivity index (χ1n) is 23.0. The number of amides is 2. The van der Waals surface area contributed by atoms with Gasteiger partial charge in [0.2, 0.25) is 0 Å². The molecule has 0 aromatic heterocycles. The van der Waals surface area contributed by atoms with Gasteiger partial charge in [-0.05, 0) is 117 Å². The smallest absolute Gasteiger partial charge is 0.410 e. The van der Waals surface area contributed by atoms with Crippen molar-refractivity contribution in [3.05, 3.63) is 113 Å². The fourth-order valence-electron chi connectivity index (χ4n) is 8.59. The maximum absolute atomic E-state index is 15.4. The van der Waals surface area contributed by atoms with Crippen LogP contribution in [-0.4, -0.2) is 129 Å². The van der Waals surface area contributed by atoms with E-state index >= 15 is 4.79 Å². The van der Waals surface area contributed by atoms with Crippen LogP contribution in [0.4, 0.5) is 9.18 Å². The Morgan fingerprint density at radius 3 is 2.06 bits per heavy atom. The molecule has 3 unspecified atom stereocenters. The molecule has 2 fully saturated rings. The summed E-state index contributed by atoms with van der Waals surface area (Å²) in [5.74, 6) is -0.812. The van der Waals surface area contributed by atoms with E-state index in [4.69, 9.17) is 44.8 Å². The average Bonchev–Trinajstić information content (AvgIpc) is 4.17. The molecule has 3 aromatic carbocycles. The van der Waals surface area contributed by atoms with Gasteiger partial charge in [0.05, 0.1) is 63.7 Å². The van der Waals surface area contributed by atoms with E-state index in [0.29, 0.717) is 47.7 Å². The number of nitrogens with zero attached hydrogens (tertiary/aromatic N) is 4. The number of unbranched alkanes of at least 4 members (excludes halogenated alkanes) is 1. The first-order chi connectivity index (χ1) is 33.7. The number of hydrogen-bond donors (Lipinski definition) is 0. The Morgan fingerprint density at radius 1 is 0.800 bits per heavy atom. The lowest BCUT2D eigenvalue weighted by molar-refractivity contribution is -0.758. The van der Waals surface area contributed by atoms with Crippen LogP contribution < -0.4 is 14.2 Å². The van der Waals surface area contributed by atoms with Crippen molar-refractivity contribution in [1.29, 1.82) is 0 Å². The second kappa shape index (κ2) is 26.0. The Hall–Kier alpha value is -6.45. The van der Waals surface area contributed by atoms with E-state index in [1.54, 1.807) is 32.2 Å². The van der Waals surface area contributed by atoms with Crippen molar-refractivity contribution in [2.75, 3.05) is 73.2 Å². The molecule has 3 atom stereocenters. The van der Waals surface area contributed by atoms with Gasteiger partial charge in [-0.3, -0.25) is 14.5 Å². The van der Waals surface area contributed by atoms with Gasteiger partial charge in [0.1, 0.15) is 37.9 Å². The predicted molar refractivity (Wildman–Crippen MR) is 248 cm³/mol. The lowest BCUT2D eigenvalue weighted by atomic mass is 9.73. The molecule has 3 aromatic rings. The molecule has 70 heavy (non-hydrogen) atoms. The summed E-state index contributed by atoms with van der Waals surface area (Å²) in [6, 6.07) is 14.4. The van der Waals surface area contributed by atoms with Crippen LogP contribution in [0.1, 0.15) is 67.2 Å². The van der Waals surface area contributed by atoms with Gasteiger partial charge < -0.3 is 47.7 Å². The molecule has 1 saturated heterocycles. The third-order valence-corrected chi connectivity index (χ3v) is 12.2. The Balaban J connectivity index is 1.24. The molecule has 2 amide bonds. The quantitative estimate of drug-likeness (QED) is 0.0302. The summed E-state index contributed by atoms with van der Waals surface area (Å²) >= 11 is 6.18. The highest BCUT2D eigenvalue weighted by molar-refractivity contribution is 6.32. The normalized spacial score (nSPS) is 17.3. The van der Waals surface area contributed by atoms with Gasteiger partial charge in [-0.15, -0.1) is 20.2 Å². The Kier molecular flexibility index (Phi) is 19.6. The number of methoxy groups -OCH3 is 1. The molecule has 0 N–H and O–H groups in total. The summed E-state index contributed by atoms with van der Waals surface area (Å²) in [5.41, 5.74) is 4.24. The van der Waals surface area contributed by atoms with E-state index in [1.165, 1.54) is 11.0 Å². The van der Waals surface area contributed by atoms with Gasteiger partial charge in [0.25, 0.3) is 16.1 Å². The number of rotatable bonds is 28. The van der Waals surface area contributed by atoms with Crippen LogP contribution in [0.2, 0.25) is 5.02 Å². The lowest BCUT2D eigenvalue weighted by Crippen LogP contribution is -2.58. The van der Waals surface area contributed by atoms with Crippen molar-refractivity contribution in [3.8, 4) is 17.2 Å². The third-order valence-electron chi connectivity index (χ3n) is 11.9. The number of fused-ring (bicyclic) bond motifs is 2. The fourth-order valence-corrected chi connectivity index (χ4v) is 8.91. The van der Waals surface area contributed by atoms with Crippen molar-refractivity contribution < 1.29 is 71.8 Å². The minimum absolute atomic E-state index is 0.0155. The van der Waals surface area contributed by atoms with Crippen molar-refractivity contribution in [2.24, 2.45) is 5.92 Å². The van der Waals surface area contributed by atoms with Crippen molar-refractivity contribution in [3.63, 3.8) is 0 Å². The third kappa shape index (κ3) is 15.0. The topological polar surface area (TPSA) is 227 Å². The van der Waals surface area contributed by atoms with Gasteiger partial charge in [0.15, 0.2) is 11.6 Å². The molecule has 6 rings (SSSR count). The zero-order valence-corrected chi connectivity index (χ0v) is 40.1. The first kappa shape index (κ1) is 52.9. The molecule has 2 heterocycles. The average molecular weight is 1000 g/mol. The zero-order valence-electron chi connectivity index (χ0n) is 39.3. The number of carbonyl (C=O) groups excluding carboxylic acids is 3. The number of piperidine rings is 1. The number of halogens is 2. The number of esters is 1. The van der Waals surface area contributed by atoms with E-state index in [0.717, 1.165) is 29.5 Å². The van der Waals surface area contributed by atoms with Gasteiger partial charge >= 0.3 is 12.1 Å². The molecule has 380 valence electrons. The molecule has 22 heteroatoms. The number of aryl methyl sites for hydroxylation is 2. The number of ether oxygens (including phenoxy) is 7. The first-order valence-corrected chi connectivity index (χ1v) is 23.4. The van der Waals surface area contributed by atoms with Crippen molar-refractivity contribution >= 4 is 35.1 Å². The van der Waals surface area contributed by atoms with Crippen LogP contribution in [0, 0.1) is 45.8 Å².